The molecule has 0 aliphatic heterocycles. The van der Waals surface area contributed by atoms with Gasteiger partial charge in [0.05, 0.1) is 23.7 Å². The largest absolute Gasteiger partial charge is 0.460 e. The number of ether oxygens (including phenoxy) is 1. The molecule has 0 saturated heterocycles. The highest BCUT2D eigenvalue weighted by Crippen LogP contribution is 2.41. The van der Waals surface area contributed by atoms with E-state index < -0.39 is 0 Å². The first-order valence-electron chi connectivity index (χ1n) is 6.95. The second-order valence-corrected chi connectivity index (χ2v) is 6.11. The number of carbonyl (C=O) groups is 1. The summed E-state index contributed by atoms with van der Waals surface area (Å²) < 4.78 is 11.2. The predicted molar refractivity (Wildman–Crippen MR) is 80.8 cm³/mol. The second kappa shape index (κ2) is 6.32. The van der Waals surface area contributed by atoms with Crippen molar-refractivity contribution in [1.29, 1.82) is 5.26 Å². The smallest absolute Gasteiger partial charge is 0.310 e. The second-order valence-electron chi connectivity index (χ2n) is 5.25. The van der Waals surface area contributed by atoms with Crippen LogP contribution in [0.1, 0.15) is 41.2 Å². The fourth-order valence-corrected chi connectivity index (χ4v) is 2.54. The molecule has 1 saturated carbocycles. The summed E-state index contributed by atoms with van der Waals surface area (Å²) in [6.45, 7) is 0.176. The Morgan fingerprint density at radius 2 is 2.32 bits per heavy atom. The van der Waals surface area contributed by atoms with Crippen LogP contribution in [0.4, 0.5) is 0 Å². The van der Waals surface area contributed by atoms with Crippen LogP contribution in [0.15, 0.2) is 33.4 Å². The first-order chi connectivity index (χ1) is 10.7. The Kier molecular flexibility index (Phi) is 4.25. The van der Waals surface area contributed by atoms with Gasteiger partial charge in [-0.2, -0.15) is 5.26 Å². The lowest BCUT2D eigenvalue weighted by Gasteiger charge is -2.05. The molecule has 0 radical (unpaired) electrons. The van der Waals surface area contributed by atoms with Crippen molar-refractivity contribution in [2.75, 3.05) is 0 Å². The van der Waals surface area contributed by atoms with Crippen LogP contribution >= 0.6 is 15.9 Å². The van der Waals surface area contributed by atoms with Gasteiger partial charge in [0.25, 0.3) is 0 Å². The Morgan fingerprint density at radius 1 is 1.50 bits per heavy atom. The summed E-state index contributed by atoms with van der Waals surface area (Å²) in [5, 5.41) is 12.8. The molecular formula is C16H13BrN2O3. The van der Waals surface area contributed by atoms with Crippen LogP contribution < -0.4 is 0 Å². The van der Waals surface area contributed by atoms with Gasteiger partial charge in [-0.15, -0.1) is 0 Å². The monoisotopic (exact) mass is 360 g/mol. The molecule has 112 valence electrons. The zero-order valence-electron chi connectivity index (χ0n) is 11.7. The molecule has 0 atom stereocenters. The summed E-state index contributed by atoms with van der Waals surface area (Å²) in [7, 11) is 0. The van der Waals surface area contributed by atoms with E-state index in [9.17, 15) is 4.79 Å². The SMILES string of the molecule is N#Cc1cc(CC(=O)OCc2cnoc2C2CC2)ccc1Br. The van der Waals surface area contributed by atoms with E-state index in [1.165, 1.54) is 0 Å². The van der Waals surface area contributed by atoms with Gasteiger partial charge in [-0.1, -0.05) is 11.2 Å². The van der Waals surface area contributed by atoms with E-state index in [1.54, 1.807) is 24.4 Å². The predicted octanol–water partition coefficient (Wildman–Crippen LogP) is 3.47. The normalized spacial score (nSPS) is 13.6. The number of carbonyl (C=O) groups excluding carboxylic acids is 1. The van der Waals surface area contributed by atoms with Gasteiger partial charge >= 0.3 is 5.97 Å². The number of esters is 1. The molecule has 2 aromatic rings. The van der Waals surface area contributed by atoms with Crippen LogP contribution in [0.25, 0.3) is 0 Å². The standard InChI is InChI=1S/C16H13BrN2O3/c17-14-4-1-10(5-12(14)7-18)6-15(20)21-9-13-8-19-22-16(13)11-2-3-11/h1,4-5,8,11H,2-3,6,9H2. The molecule has 0 N–H and O–H groups in total. The van der Waals surface area contributed by atoms with Crippen molar-refractivity contribution in [3.8, 4) is 6.07 Å². The van der Waals surface area contributed by atoms with Crippen molar-refractivity contribution in [3.63, 3.8) is 0 Å². The number of hydrogen-bond donors (Lipinski definition) is 0. The third-order valence-corrected chi connectivity index (χ3v) is 4.20. The highest BCUT2D eigenvalue weighted by atomic mass is 79.9. The molecule has 3 rings (SSSR count). The lowest BCUT2D eigenvalue weighted by Crippen LogP contribution is -2.08. The maximum absolute atomic E-state index is 11.9. The highest BCUT2D eigenvalue weighted by Gasteiger charge is 2.30. The summed E-state index contributed by atoms with van der Waals surface area (Å²) in [4.78, 5) is 11.9. The number of aromatic nitrogens is 1. The first kappa shape index (κ1) is 14.8. The van der Waals surface area contributed by atoms with E-state index in [4.69, 9.17) is 14.5 Å². The quantitative estimate of drug-likeness (QED) is 0.763. The zero-order valence-corrected chi connectivity index (χ0v) is 13.3. The highest BCUT2D eigenvalue weighted by molar-refractivity contribution is 9.10. The van der Waals surface area contributed by atoms with E-state index in [2.05, 4.69) is 27.2 Å². The average molecular weight is 361 g/mol. The summed E-state index contributed by atoms with van der Waals surface area (Å²) in [5.41, 5.74) is 2.09. The Bertz CT molecular complexity index is 744. The topological polar surface area (TPSA) is 76.1 Å². The van der Waals surface area contributed by atoms with E-state index in [-0.39, 0.29) is 19.0 Å². The minimum Gasteiger partial charge on any atom is -0.460 e. The minimum atomic E-state index is -0.339. The fraction of sp³-hybridized carbons (Fsp3) is 0.312. The zero-order chi connectivity index (χ0) is 15.5. The number of rotatable bonds is 5. The summed E-state index contributed by atoms with van der Waals surface area (Å²) >= 11 is 3.29. The van der Waals surface area contributed by atoms with Gasteiger partial charge in [0, 0.05) is 10.4 Å². The summed E-state index contributed by atoms with van der Waals surface area (Å²) in [6, 6.07) is 7.30. The maximum atomic E-state index is 11.9. The Balaban J connectivity index is 1.58. The molecule has 0 spiro atoms. The van der Waals surface area contributed by atoms with Crippen molar-refractivity contribution < 1.29 is 14.1 Å². The fourth-order valence-electron chi connectivity index (χ4n) is 2.20. The first-order valence-corrected chi connectivity index (χ1v) is 7.74. The molecule has 1 aromatic carbocycles. The molecule has 0 unspecified atom stereocenters. The third-order valence-electron chi connectivity index (χ3n) is 3.51. The van der Waals surface area contributed by atoms with Crippen molar-refractivity contribution in [3.05, 3.63) is 51.3 Å². The molecule has 5 nitrogen and oxygen atoms in total. The lowest BCUT2D eigenvalue weighted by atomic mass is 10.1. The number of nitriles is 1. The molecule has 1 aromatic heterocycles. The Morgan fingerprint density at radius 3 is 3.05 bits per heavy atom. The van der Waals surface area contributed by atoms with E-state index in [1.807, 2.05) is 0 Å². The molecule has 1 aliphatic rings. The molecule has 6 heteroatoms. The van der Waals surface area contributed by atoms with Crippen LogP contribution in [0.5, 0.6) is 0 Å². The van der Waals surface area contributed by atoms with Crippen LogP contribution in [0.2, 0.25) is 0 Å². The number of benzene rings is 1. The van der Waals surface area contributed by atoms with Crippen LogP contribution in [0, 0.1) is 11.3 Å². The van der Waals surface area contributed by atoms with Gasteiger partial charge in [0.2, 0.25) is 0 Å². The van der Waals surface area contributed by atoms with E-state index >= 15 is 0 Å². The van der Waals surface area contributed by atoms with Gasteiger partial charge in [0.15, 0.2) is 0 Å². The molecule has 1 aliphatic carbocycles. The van der Waals surface area contributed by atoms with Gasteiger partial charge in [-0.3, -0.25) is 4.79 Å². The molecule has 1 heterocycles. The van der Waals surface area contributed by atoms with Crippen molar-refractivity contribution in [1.82, 2.24) is 5.16 Å². The van der Waals surface area contributed by atoms with E-state index in [0.717, 1.165) is 29.7 Å². The Hall–Kier alpha value is -2.13. The minimum absolute atomic E-state index is 0.131. The third kappa shape index (κ3) is 3.37. The molecule has 0 bridgehead atoms. The van der Waals surface area contributed by atoms with Crippen LogP contribution in [0.3, 0.4) is 0 Å². The van der Waals surface area contributed by atoms with Crippen molar-refractivity contribution in [2.24, 2.45) is 0 Å². The van der Waals surface area contributed by atoms with Crippen molar-refractivity contribution >= 4 is 21.9 Å². The number of nitrogens with zero attached hydrogens (tertiary/aromatic N) is 2. The van der Waals surface area contributed by atoms with Gasteiger partial charge < -0.3 is 9.26 Å². The van der Waals surface area contributed by atoms with Crippen molar-refractivity contribution in [2.45, 2.75) is 31.8 Å². The molecule has 0 amide bonds. The number of hydrogen-bond acceptors (Lipinski definition) is 5. The average Bonchev–Trinajstić information content (AvgIpc) is 3.25. The van der Waals surface area contributed by atoms with Crippen LogP contribution in [-0.2, 0) is 22.6 Å². The Labute approximate surface area is 136 Å². The molecular weight excluding hydrogens is 348 g/mol. The van der Waals surface area contributed by atoms with Gasteiger partial charge in [-0.05, 0) is 46.5 Å². The lowest BCUT2D eigenvalue weighted by molar-refractivity contribution is -0.144. The number of halogens is 1. The maximum Gasteiger partial charge on any atom is 0.310 e. The van der Waals surface area contributed by atoms with E-state index in [0.29, 0.717) is 16.0 Å². The van der Waals surface area contributed by atoms with Gasteiger partial charge in [-0.25, -0.2) is 0 Å². The molecule has 22 heavy (non-hydrogen) atoms. The van der Waals surface area contributed by atoms with Gasteiger partial charge in [0.1, 0.15) is 18.4 Å². The van der Waals surface area contributed by atoms with Crippen LogP contribution in [-0.4, -0.2) is 11.1 Å². The molecule has 1 fully saturated rings. The summed E-state index contributed by atoms with van der Waals surface area (Å²) in [6.07, 6.45) is 3.94. The summed E-state index contributed by atoms with van der Waals surface area (Å²) in [5.74, 6) is 0.929.